The van der Waals surface area contributed by atoms with Crippen molar-refractivity contribution >= 4 is 28.1 Å². The van der Waals surface area contributed by atoms with E-state index in [-0.39, 0.29) is 12.3 Å². The number of esters is 1. The maximum absolute atomic E-state index is 12.5. The molecule has 0 bridgehead atoms. The minimum Gasteiger partial charge on any atom is -0.461 e. The summed E-state index contributed by atoms with van der Waals surface area (Å²) in [7, 11) is 0. The van der Waals surface area contributed by atoms with E-state index in [1.165, 1.54) is 11.3 Å². The third-order valence-corrected chi connectivity index (χ3v) is 6.17. The molecule has 0 saturated carbocycles. The molecule has 0 aliphatic heterocycles. The first-order valence-corrected chi connectivity index (χ1v) is 12.3. The summed E-state index contributed by atoms with van der Waals surface area (Å²) in [6, 6.07) is 30.8. The lowest BCUT2D eigenvalue weighted by Crippen LogP contribution is -2.38. The number of benzene rings is 3. The Balaban J connectivity index is 1.84. The van der Waals surface area contributed by atoms with Gasteiger partial charge >= 0.3 is 5.97 Å². The molecular weight excluding hydrogens is 458 g/mol. The summed E-state index contributed by atoms with van der Waals surface area (Å²) in [4.78, 5) is 22.4. The molecule has 35 heavy (non-hydrogen) atoms. The topological polar surface area (TPSA) is 72.8 Å². The molecule has 178 valence electrons. The van der Waals surface area contributed by atoms with Crippen molar-refractivity contribution in [3.63, 3.8) is 0 Å². The van der Waals surface area contributed by atoms with Gasteiger partial charge in [-0.25, -0.2) is 9.78 Å². The van der Waals surface area contributed by atoms with Crippen LogP contribution in [0.4, 0.5) is 5.13 Å². The molecule has 0 saturated heterocycles. The first-order valence-electron chi connectivity index (χ1n) is 11.5. The molecule has 0 aliphatic carbocycles. The van der Waals surface area contributed by atoms with Gasteiger partial charge in [0.15, 0.2) is 5.13 Å². The first-order chi connectivity index (χ1) is 17.2. The van der Waals surface area contributed by atoms with E-state index in [2.05, 4.69) is 46.9 Å². The maximum atomic E-state index is 12.5. The molecule has 3 aromatic carbocycles. The van der Waals surface area contributed by atoms with Crippen LogP contribution >= 0.6 is 11.3 Å². The van der Waals surface area contributed by atoms with Crippen molar-refractivity contribution in [2.75, 3.05) is 18.5 Å². The largest absolute Gasteiger partial charge is 0.461 e. The average molecular weight is 486 g/mol. The van der Waals surface area contributed by atoms with Gasteiger partial charge in [-0.15, -0.1) is 11.3 Å². The van der Waals surface area contributed by atoms with Gasteiger partial charge < -0.3 is 14.9 Å². The molecule has 1 N–H and O–H groups in total. The number of hydrogen-bond acceptors (Lipinski definition) is 7. The number of ether oxygens (including phenoxy) is 1. The van der Waals surface area contributed by atoms with Crippen molar-refractivity contribution in [3.8, 4) is 0 Å². The van der Waals surface area contributed by atoms with Gasteiger partial charge in [-0.05, 0) is 30.5 Å². The molecule has 7 heteroatoms. The van der Waals surface area contributed by atoms with Crippen LogP contribution in [0.15, 0.2) is 102 Å². The van der Waals surface area contributed by atoms with Crippen LogP contribution < -0.4 is 5.32 Å². The van der Waals surface area contributed by atoms with Crippen LogP contribution in [0.5, 0.6) is 0 Å². The predicted molar refractivity (Wildman–Crippen MR) is 140 cm³/mol. The zero-order chi connectivity index (χ0) is 24.5. The molecule has 6 nitrogen and oxygen atoms in total. The van der Waals surface area contributed by atoms with E-state index < -0.39 is 11.5 Å². The highest BCUT2D eigenvalue weighted by molar-refractivity contribution is 7.14. The Kier molecular flexibility index (Phi) is 7.90. The molecule has 0 aliphatic rings. The first kappa shape index (κ1) is 24.2. The second kappa shape index (κ2) is 11.4. The minimum absolute atomic E-state index is 0.0442. The molecule has 1 aromatic heterocycles. The normalized spacial score (nSPS) is 11.7. The summed E-state index contributed by atoms with van der Waals surface area (Å²) in [6.45, 7) is 4.11. The van der Waals surface area contributed by atoms with Crippen LogP contribution in [0.3, 0.4) is 0 Å². The van der Waals surface area contributed by atoms with E-state index in [1.54, 1.807) is 19.2 Å². The zero-order valence-electron chi connectivity index (χ0n) is 19.7. The van der Waals surface area contributed by atoms with Crippen molar-refractivity contribution in [2.45, 2.75) is 19.4 Å². The summed E-state index contributed by atoms with van der Waals surface area (Å²) in [6.07, 6.45) is 0. The number of oxime groups is 1. The summed E-state index contributed by atoms with van der Waals surface area (Å²) >= 11 is 1.39. The number of nitrogens with one attached hydrogen (secondary N) is 1. The Hall–Kier alpha value is -3.97. The Morgan fingerprint density at radius 2 is 1.37 bits per heavy atom. The van der Waals surface area contributed by atoms with Crippen LogP contribution in [0.25, 0.3) is 0 Å². The van der Waals surface area contributed by atoms with E-state index in [1.807, 2.05) is 54.6 Å². The van der Waals surface area contributed by atoms with E-state index in [0.717, 1.165) is 16.7 Å². The van der Waals surface area contributed by atoms with Crippen LogP contribution in [0.2, 0.25) is 0 Å². The molecule has 4 aromatic rings. The molecule has 0 amide bonds. The maximum Gasteiger partial charge on any atom is 0.362 e. The predicted octanol–water partition coefficient (Wildman–Crippen LogP) is 5.85. The van der Waals surface area contributed by atoms with Crippen LogP contribution in [0, 0.1) is 0 Å². The van der Waals surface area contributed by atoms with Crippen molar-refractivity contribution in [3.05, 3.63) is 119 Å². The van der Waals surface area contributed by atoms with Gasteiger partial charge in [-0.2, -0.15) is 0 Å². The lowest BCUT2D eigenvalue weighted by molar-refractivity contribution is -0.135. The second-order valence-electron chi connectivity index (χ2n) is 7.59. The highest BCUT2D eigenvalue weighted by atomic mass is 32.1. The summed E-state index contributed by atoms with van der Waals surface area (Å²) in [5.74, 6) is -0.571. The Morgan fingerprint density at radius 3 is 1.83 bits per heavy atom. The van der Waals surface area contributed by atoms with Crippen LogP contribution in [-0.2, 0) is 19.9 Å². The van der Waals surface area contributed by atoms with Crippen LogP contribution in [0.1, 0.15) is 36.2 Å². The summed E-state index contributed by atoms with van der Waals surface area (Å²) in [5, 5.41) is 10.1. The molecule has 0 spiro atoms. The molecule has 0 atom stereocenters. The van der Waals surface area contributed by atoms with Gasteiger partial charge in [0.25, 0.3) is 0 Å². The zero-order valence-corrected chi connectivity index (χ0v) is 20.5. The molecule has 1 heterocycles. The number of thiazole rings is 1. The van der Waals surface area contributed by atoms with Gasteiger partial charge in [0.05, 0.1) is 6.61 Å². The fourth-order valence-corrected chi connectivity index (χ4v) is 4.65. The summed E-state index contributed by atoms with van der Waals surface area (Å²) < 4.78 is 5.17. The number of aromatic nitrogens is 1. The third kappa shape index (κ3) is 5.25. The van der Waals surface area contributed by atoms with Crippen LogP contribution in [-0.4, -0.2) is 29.9 Å². The fourth-order valence-electron chi connectivity index (χ4n) is 3.90. The quantitative estimate of drug-likeness (QED) is 0.132. The molecule has 0 fully saturated rings. The monoisotopic (exact) mass is 485 g/mol. The Bertz CT molecular complexity index is 1160. The van der Waals surface area contributed by atoms with E-state index >= 15 is 0 Å². The van der Waals surface area contributed by atoms with Gasteiger partial charge in [0.2, 0.25) is 5.71 Å². The third-order valence-electron chi connectivity index (χ3n) is 5.42. The number of anilines is 1. The van der Waals surface area contributed by atoms with E-state index in [9.17, 15) is 4.79 Å². The van der Waals surface area contributed by atoms with Gasteiger partial charge in [-0.3, -0.25) is 0 Å². The lowest BCUT2D eigenvalue weighted by Gasteiger charge is -2.36. The standard InChI is InChI=1S/C28H27N3O3S/c1-3-33-26(32)25(31-34-4-2)24-20-35-27(29-24)30-28(21-14-8-5-9-15-21,22-16-10-6-11-17-22)23-18-12-7-13-19-23/h5-20H,3-4H2,1-2H3,(H,29,30)/b31-25+. The minimum atomic E-state index is -0.722. The van der Waals surface area contributed by atoms with Crippen molar-refractivity contribution in [2.24, 2.45) is 5.16 Å². The molecular formula is C28H27N3O3S. The lowest BCUT2D eigenvalue weighted by atomic mass is 9.77. The molecule has 4 rings (SSSR count). The van der Waals surface area contributed by atoms with Gasteiger partial charge in [0, 0.05) is 5.38 Å². The van der Waals surface area contributed by atoms with Gasteiger partial charge in [-0.1, -0.05) is 96.2 Å². The molecule has 0 unspecified atom stereocenters. The molecule has 0 radical (unpaired) electrons. The van der Waals surface area contributed by atoms with Crippen molar-refractivity contribution in [1.82, 2.24) is 4.98 Å². The Morgan fingerprint density at radius 1 is 0.857 bits per heavy atom. The van der Waals surface area contributed by atoms with E-state index in [0.29, 0.717) is 17.4 Å². The smallest absolute Gasteiger partial charge is 0.362 e. The average Bonchev–Trinajstić information content (AvgIpc) is 3.37. The number of carbonyl (C=O) groups is 1. The summed E-state index contributed by atoms with van der Waals surface area (Å²) in [5.41, 5.74) is 2.89. The SMILES string of the molecule is CCO/N=C(/C(=O)OCC)c1csc(NC(c2ccccc2)(c2ccccc2)c2ccccc2)n1. The van der Waals surface area contributed by atoms with E-state index in [4.69, 9.17) is 14.6 Å². The number of nitrogens with zero attached hydrogens (tertiary/aromatic N) is 2. The van der Waals surface area contributed by atoms with Crippen molar-refractivity contribution < 1.29 is 14.4 Å². The highest BCUT2D eigenvalue weighted by Crippen LogP contribution is 2.40. The van der Waals surface area contributed by atoms with Gasteiger partial charge in [0.1, 0.15) is 17.8 Å². The number of hydrogen-bond donors (Lipinski definition) is 1. The number of carbonyl (C=O) groups excluding carboxylic acids is 1. The second-order valence-corrected chi connectivity index (χ2v) is 8.45. The van der Waals surface area contributed by atoms with Crippen molar-refractivity contribution in [1.29, 1.82) is 0 Å². The Labute approximate surface area is 209 Å². The highest BCUT2D eigenvalue weighted by Gasteiger charge is 2.37. The number of rotatable bonds is 10. The fraction of sp³-hybridized carbons (Fsp3) is 0.179.